The van der Waals surface area contributed by atoms with E-state index in [1.807, 2.05) is 31.2 Å². The van der Waals surface area contributed by atoms with Gasteiger partial charge < -0.3 is 24.6 Å². The van der Waals surface area contributed by atoms with Crippen molar-refractivity contribution in [3.8, 4) is 23.0 Å². The summed E-state index contributed by atoms with van der Waals surface area (Å²) in [6, 6.07) is 9.21. The summed E-state index contributed by atoms with van der Waals surface area (Å²) in [6.07, 6.45) is 1.52. The van der Waals surface area contributed by atoms with Crippen LogP contribution in [0.3, 0.4) is 0 Å². The third-order valence-corrected chi connectivity index (χ3v) is 4.45. The van der Waals surface area contributed by atoms with E-state index in [1.165, 1.54) is 7.11 Å². The molecule has 2 N–H and O–H groups in total. The number of phenolic OH excluding ortho intramolecular Hbond substituents is 1. The smallest absolute Gasteiger partial charge is 0.224 e. The summed E-state index contributed by atoms with van der Waals surface area (Å²) in [5.74, 6) is 1.79. The average molecular weight is 373 g/mol. The van der Waals surface area contributed by atoms with Gasteiger partial charge >= 0.3 is 0 Å². The first kappa shape index (κ1) is 20.4. The summed E-state index contributed by atoms with van der Waals surface area (Å²) < 4.78 is 15.6. The van der Waals surface area contributed by atoms with Crippen molar-refractivity contribution in [2.75, 3.05) is 27.9 Å². The van der Waals surface area contributed by atoms with Crippen molar-refractivity contribution in [2.45, 2.75) is 26.2 Å². The summed E-state index contributed by atoms with van der Waals surface area (Å²) in [4.78, 5) is 12.3. The molecular weight excluding hydrogens is 346 g/mol. The molecule has 0 unspecified atom stereocenters. The number of hydrogen-bond acceptors (Lipinski definition) is 5. The Morgan fingerprint density at radius 2 is 1.67 bits per heavy atom. The first-order chi connectivity index (χ1) is 13.0. The van der Waals surface area contributed by atoms with Crippen LogP contribution in [0.25, 0.3) is 0 Å². The molecule has 0 radical (unpaired) electrons. The number of ether oxygens (including phenoxy) is 3. The van der Waals surface area contributed by atoms with E-state index in [0.29, 0.717) is 36.6 Å². The maximum Gasteiger partial charge on any atom is 0.224 e. The SMILES string of the molecule is CCc1c(CC(=O)NCCc2ccc(OC)c(OC)c2)ccc(OC)c1O. The Hall–Kier alpha value is -2.89. The van der Waals surface area contributed by atoms with Gasteiger partial charge in [0.25, 0.3) is 0 Å². The van der Waals surface area contributed by atoms with E-state index in [-0.39, 0.29) is 18.1 Å². The van der Waals surface area contributed by atoms with Gasteiger partial charge in [0.15, 0.2) is 23.0 Å². The molecule has 2 rings (SSSR count). The zero-order chi connectivity index (χ0) is 19.8. The Morgan fingerprint density at radius 1 is 1.00 bits per heavy atom. The first-order valence-corrected chi connectivity index (χ1v) is 8.89. The maximum absolute atomic E-state index is 12.3. The molecule has 0 saturated heterocycles. The third-order valence-electron chi connectivity index (χ3n) is 4.45. The molecule has 2 aromatic rings. The number of hydrogen-bond donors (Lipinski definition) is 2. The van der Waals surface area contributed by atoms with Crippen LogP contribution in [-0.2, 0) is 24.1 Å². The van der Waals surface area contributed by atoms with Crippen LogP contribution in [0.4, 0.5) is 0 Å². The summed E-state index contributed by atoms with van der Waals surface area (Å²) in [6.45, 7) is 2.45. The van der Waals surface area contributed by atoms with Crippen molar-refractivity contribution < 1.29 is 24.1 Å². The van der Waals surface area contributed by atoms with E-state index in [0.717, 1.165) is 16.7 Å². The fourth-order valence-corrected chi connectivity index (χ4v) is 3.00. The second-order valence-electron chi connectivity index (χ2n) is 6.07. The lowest BCUT2D eigenvalue weighted by molar-refractivity contribution is -0.120. The highest BCUT2D eigenvalue weighted by Crippen LogP contribution is 2.33. The topological polar surface area (TPSA) is 77.0 Å². The third kappa shape index (κ3) is 5.06. The number of rotatable bonds is 9. The summed E-state index contributed by atoms with van der Waals surface area (Å²) in [5, 5.41) is 13.1. The van der Waals surface area contributed by atoms with Crippen molar-refractivity contribution >= 4 is 5.91 Å². The second kappa shape index (κ2) is 9.71. The van der Waals surface area contributed by atoms with Gasteiger partial charge in [-0.2, -0.15) is 0 Å². The van der Waals surface area contributed by atoms with Gasteiger partial charge in [-0.25, -0.2) is 0 Å². The monoisotopic (exact) mass is 373 g/mol. The largest absolute Gasteiger partial charge is 0.504 e. The number of amides is 1. The van der Waals surface area contributed by atoms with Gasteiger partial charge in [-0.1, -0.05) is 19.1 Å². The highest BCUT2D eigenvalue weighted by atomic mass is 16.5. The zero-order valence-corrected chi connectivity index (χ0v) is 16.3. The fraction of sp³-hybridized carbons (Fsp3) is 0.381. The van der Waals surface area contributed by atoms with Crippen LogP contribution >= 0.6 is 0 Å². The Balaban J connectivity index is 1.94. The normalized spacial score (nSPS) is 10.4. The molecule has 0 fully saturated rings. The Labute approximate surface area is 160 Å². The molecule has 0 aliphatic rings. The minimum absolute atomic E-state index is 0.0882. The van der Waals surface area contributed by atoms with Crippen LogP contribution in [-0.4, -0.2) is 38.9 Å². The van der Waals surface area contributed by atoms with Crippen molar-refractivity contribution in [2.24, 2.45) is 0 Å². The van der Waals surface area contributed by atoms with Crippen LogP contribution in [0.5, 0.6) is 23.0 Å². The molecular formula is C21H27NO5. The molecule has 0 spiro atoms. The number of methoxy groups -OCH3 is 3. The van der Waals surface area contributed by atoms with Crippen molar-refractivity contribution in [1.82, 2.24) is 5.32 Å². The van der Waals surface area contributed by atoms with Gasteiger partial charge in [-0.05, 0) is 42.2 Å². The molecule has 146 valence electrons. The molecule has 6 heteroatoms. The average Bonchev–Trinajstić information content (AvgIpc) is 2.68. The number of phenols is 1. The molecule has 6 nitrogen and oxygen atoms in total. The fourth-order valence-electron chi connectivity index (χ4n) is 3.00. The molecule has 0 aromatic heterocycles. The Bertz CT molecular complexity index is 788. The number of nitrogens with one attached hydrogen (secondary N) is 1. The lowest BCUT2D eigenvalue weighted by Gasteiger charge is -2.13. The van der Waals surface area contributed by atoms with E-state index in [1.54, 1.807) is 20.3 Å². The van der Waals surface area contributed by atoms with Crippen LogP contribution < -0.4 is 19.5 Å². The molecule has 0 aliphatic carbocycles. The van der Waals surface area contributed by atoms with Crippen molar-refractivity contribution in [3.63, 3.8) is 0 Å². The second-order valence-corrected chi connectivity index (χ2v) is 6.07. The van der Waals surface area contributed by atoms with Gasteiger partial charge in [0.1, 0.15) is 0 Å². The van der Waals surface area contributed by atoms with E-state index in [4.69, 9.17) is 14.2 Å². The van der Waals surface area contributed by atoms with E-state index < -0.39 is 0 Å². The summed E-state index contributed by atoms with van der Waals surface area (Å²) in [7, 11) is 4.70. The van der Waals surface area contributed by atoms with Crippen LogP contribution in [0.15, 0.2) is 30.3 Å². The number of benzene rings is 2. The quantitative estimate of drug-likeness (QED) is 0.707. The van der Waals surface area contributed by atoms with Crippen LogP contribution in [0.1, 0.15) is 23.6 Å². The summed E-state index contributed by atoms with van der Waals surface area (Å²) in [5.41, 5.74) is 2.59. The van der Waals surface area contributed by atoms with Gasteiger partial charge in [-0.15, -0.1) is 0 Å². The van der Waals surface area contributed by atoms with E-state index in [2.05, 4.69) is 5.32 Å². The van der Waals surface area contributed by atoms with Crippen molar-refractivity contribution in [3.05, 3.63) is 47.0 Å². The molecule has 27 heavy (non-hydrogen) atoms. The molecule has 0 atom stereocenters. The van der Waals surface area contributed by atoms with E-state index in [9.17, 15) is 9.90 Å². The standard InChI is InChI=1S/C21H27NO5/c1-5-16-15(7-9-18(26-3)21(16)24)13-20(23)22-11-10-14-6-8-17(25-2)19(12-14)27-4/h6-9,12,24H,5,10-11,13H2,1-4H3,(H,22,23). The molecule has 0 saturated carbocycles. The Morgan fingerprint density at radius 3 is 2.30 bits per heavy atom. The van der Waals surface area contributed by atoms with Crippen molar-refractivity contribution in [1.29, 1.82) is 0 Å². The van der Waals surface area contributed by atoms with Gasteiger partial charge in [0.05, 0.1) is 27.8 Å². The van der Waals surface area contributed by atoms with Gasteiger partial charge in [-0.3, -0.25) is 4.79 Å². The Kier molecular flexibility index (Phi) is 7.34. The highest BCUT2D eigenvalue weighted by Gasteiger charge is 2.14. The lowest BCUT2D eigenvalue weighted by Crippen LogP contribution is -2.27. The predicted molar refractivity (Wildman–Crippen MR) is 104 cm³/mol. The summed E-state index contributed by atoms with van der Waals surface area (Å²) >= 11 is 0. The molecule has 0 aliphatic heterocycles. The number of aromatic hydroxyl groups is 1. The molecule has 1 amide bonds. The zero-order valence-electron chi connectivity index (χ0n) is 16.3. The van der Waals surface area contributed by atoms with Crippen LogP contribution in [0, 0.1) is 0 Å². The molecule has 0 heterocycles. The maximum atomic E-state index is 12.3. The van der Waals surface area contributed by atoms with E-state index >= 15 is 0 Å². The van der Waals surface area contributed by atoms with Gasteiger partial charge in [0, 0.05) is 12.1 Å². The predicted octanol–water partition coefficient (Wildman–Crippen LogP) is 2.88. The minimum Gasteiger partial charge on any atom is -0.504 e. The van der Waals surface area contributed by atoms with Gasteiger partial charge in [0.2, 0.25) is 5.91 Å². The molecule has 0 bridgehead atoms. The highest BCUT2D eigenvalue weighted by molar-refractivity contribution is 5.79. The molecule has 2 aromatic carbocycles. The lowest BCUT2D eigenvalue weighted by atomic mass is 10.0. The number of carbonyl (C=O) groups excluding carboxylic acids is 1. The first-order valence-electron chi connectivity index (χ1n) is 8.89. The van der Waals surface area contributed by atoms with Crippen LogP contribution in [0.2, 0.25) is 0 Å². The minimum atomic E-state index is -0.0882. The number of carbonyl (C=O) groups is 1.